The summed E-state index contributed by atoms with van der Waals surface area (Å²) in [4.78, 5) is 2.62. The second kappa shape index (κ2) is 3.00. The molecule has 3 heterocycles. The SMILES string of the molecule is CC(C)N1C2CCO[C@@H](C)C1C2. The van der Waals surface area contributed by atoms with Crippen molar-refractivity contribution in [2.75, 3.05) is 6.61 Å². The Hall–Kier alpha value is -0.0800. The molecule has 3 rings (SSSR count). The first-order valence-electron chi connectivity index (χ1n) is 5.09. The second-order valence-electron chi connectivity index (χ2n) is 4.36. The van der Waals surface area contributed by atoms with Gasteiger partial charge in [-0.3, -0.25) is 4.90 Å². The van der Waals surface area contributed by atoms with Crippen LogP contribution in [0.1, 0.15) is 33.6 Å². The highest BCUT2D eigenvalue weighted by atomic mass is 16.5. The molecular formula is C10H19NO. The van der Waals surface area contributed by atoms with Gasteiger partial charge in [0.05, 0.1) is 6.10 Å². The van der Waals surface area contributed by atoms with Gasteiger partial charge in [-0.05, 0) is 33.6 Å². The fourth-order valence-electron chi connectivity index (χ4n) is 2.66. The standard InChI is InChI=1S/C10H19NO/c1-7(2)11-9-4-5-12-8(3)10(11)6-9/h7-10H,4-6H2,1-3H3/t8-,9?,10?/m0/s1. The third kappa shape index (κ3) is 1.17. The number of nitrogens with zero attached hydrogens (tertiary/aromatic N) is 1. The fourth-order valence-corrected chi connectivity index (χ4v) is 2.66. The third-order valence-corrected chi connectivity index (χ3v) is 3.29. The van der Waals surface area contributed by atoms with E-state index in [0.717, 1.165) is 12.6 Å². The van der Waals surface area contributed by atoms with Gasteiger partial charge in [-0.2, -0.15) is 0 Å². The first-order valence-corrected chi connectivity index (χ1v) is 5.09. The van der Waals surface area contributed by atoms with Crippen LogP contribution in [0.4, 0.5) is 0 Å². The predicted octanol–water partition coefficient (Wildman–Crippen LogP) is 1.65. The van der Waals surface area contributed by atoms with Crippen molar-refractivity contribution in [2.45, 2.75) is 57.8 Å². The Bertz CT molecular complexity index is 169. The molecule has 12 heavy (non-hydrogen) atoms. The summed E-state index contributed by atoms with van der Waals surface area (Å²) in [6.07, 6.45) is 3.05. The molecule has 0 aromatic carbocycles. The van der Waals surface area contributed by atoms with Crippen molar-refractivity contribution >= 4 is 0 Å². The summed E-state index contributed by atoms with van der Waals surface area (Å²) in [5.74, 6) is 0. The average molecular weight is 169 g/mol. The van der Waals surface area contributed by atoms with Gasteiger partial charge < -0.3 is 4.74 Å². The molecule has 0 radical (unpaired) electrons. The van der Waals surface area contributed by atoms with E-state index in [0.29, 0.717) is 18.2 Å². The van der Waals surface area contributed by atoms with Crippen LogP contribution in [-0.4, -0.2) is 35.7 Å². The van der Waals surface area contributed by atoms with Crippen molar-refractivity contribution in [1.29, 1.82) is 0 Å². The minimum absolute atomic E-state index is 0.450. The normalized spacial score (nSPS) is 42.5. The molecule has 2 bridgehead atoms. The number of ether oxygens (including phenoxy) is 1. The van der Waals surface area contributed by atoms with E-state index in [2.05, 4.69) is 25.7 Å². The lowest BCUT2D eigenvalue weighted by molar-refractivity contribution is -0.0533. The molecule has 0 spiro atoms. The van der Waals surface area contributed by atoms with E-state index in [9.17, 15) is 0 Å². The van der Waals surface area contributed by atoms with Gasteiger partial charge in [0.2, 0.25) is 0 Å². The van der Waals surface area contributed by atoms with E-state index >= 15 is 0 Å². The molecule has 3 aliphatic rings. The molecule has 3 atom stereocenters. The first kappa shape index (κ1) is 8.52. The van der Waals surface area contributed by atoms with Crippen LogP contribution in [0.15, 0.2) is 0 Å². The lowest BCUT2D eigenvalue weighted by Crippen LogP contribution is -2.61. The van der Waals surface area contributed by atoms with Crippen molar-refractivity contribution in [2.24, 2.45) is 0 Å². The second-order valence-corrected chi connectivity index (χ2v) is 4.36. The molecule has 0 aromatic rings. The summed E-state index contributed by atoms with van der Waals surface area (Å²) in [5, 5.41) is 0. The number of fused-ring (bicyclic) bond motifs is 3. The van der Waals surface area contributed by atoms with Crippen molar-refractivity contribution in [3.63, 3.8) is 0 Å². The summed E-state index contributed by atoms with van der Waals surface area (Å²) < 4.78 is 5.70. The molecule has 0 aromatic heterocycles. The zero-order valence-corrected chi connectivity index (χ0v) is 8.29. The number of hydrogen-bond donors (Lipinski definition) is 0. The molecule has 0 amide bonds. The molecule has 0 aliphatic carbocycles. The lowest BCUT2D eigenvalue weighted by atomic mass is 9.87. The molecule has 2 heteroatoms. The highest BCUT2D eigenvalue weighted by Gasteiger charge is 2.44. The Kier molecular flexibility index (Phi) is 2.13. The molecule has 2 nitrogen and oxygen atoms in total. The maximum absolute atomic E-state index is 5.70. The van der Waals surface area contributed by atoms with Crippen LogP contribution in [0.2, 0.25) is 0 Å². The lowest BCUT2D eigenvalue weighted by Gasteiger charge is -2.51. The minimum Gasteiger partial charge on any atom is -0.377 e. The van der Waals surface area contributed by atoms with Gasteiger partial charge in [-0.1, -0.05) is 0 Å². The third-order valence-electron chi connectivity index (χ3n) is 3.29. The monoisotopic (exact) mass is 169 g/mol. The largest absolute Gasteiger partial charge is 0.377 e. The summed E-state index contributed by atoms with van der Waals surface area (Å²) in [6, 6.07) is 2.22. The van der Waals surface area contributed by atoms with Crippen molar-refractivity contribution in [3.05, 3.63) is 0 Å². The van der Waals surface area contributed by atoms with Crippen LogP contribution < -0.4 is 0 Å². The zero-order chi connectivity index (χ0) is 8.72. The van der Waals surface area contributed by atoms with E-state index in [1.165, 1.54) is 12.8 Å². The number of hydrogen-bond acceptors (Lipinski definition) is 2. The van der Waals surface area contributed by atoms with Crippen molar-refractivity contribution in [3.8, 4) is 0 Å². The molecule has 2 unspecified atom stereocenters. The molecular weight excluding hydrogens is 150 g/mol. The molecule has 3 aliphatic heterocycles. The van der Waals surface area contributed by atoms with Gasteiger partial charge in [-0.25, -0.2) is 0 Å². The highest BCUT2D eigenvalue weighted by Crippen LogP contribution is 2.36. The summed E-state index contributed by atoms with van der Waals surface area (Å²) in [7, 11) is 0. The van der Waals surface area contributed by atoms with Gasteiger partial charge in [0, 0.05) is 24.7 Å². The summed E-state index contributed by atoms with van der Waals surface area (Å²) in [5.41, 5.74) is 0. The first-order chi connectivity index (χ1) is 5.70. The predicted molar refractivity (Wildman–Crippen MR) is 49.2 cm³/mol. The average Bonchev–Trinajstić information content (AvgIpc) is 2.15. The quantitative estimate of drug-likeness (QED) is 0.592. The van der Waals surface area contributed by atoms with Crippen LogP contribution in [0.3, 0.4) is 0 Å². The van der Waals surface area contributed by atoms with E-state index in [4.69, 9.17) is 4.74 Å². The van der Waals surface area contributed by atoms with Crippen LogP contribution in [0, 0.1) is 0 Å². The van der Waals surface area contributed by atoms with Gasteiger partial charge in [0.25, 0.3) is 0 Å². The Labute approximate surface area is 74.9 Å². The molecule has 3 fully saturated rings. The fraction of sp³-hybridized carbons (Fsp3) is 1.00. The Morgan fingerprint density at radius 3 is 2.83 bits per heavy atom. The van der Waals surface area contributed by atoms with Crippen LogP contribution in [0.5, 0.6) is 0 Å². The Morgan fingerprint density at radius 2 is 2.17 bits per heavy atom. The van der Waals surface area contributed by atoms with Crippen molar-refractivity contribution in [1.82, 2.24) is 4.90 Å². The molecule has 0 saturated carbocycles. The maximum atomic E-state index is 5.70. The summed E-state index contributed by atoms with van der Waals surface area (Å²) >= 11 is 0. The van der Waals surface area contributed by atoms with E-state index in [-0.39, 0.29) is 0 Å². The van der Waals surface area contributed by atoms with Crippen LogP contribution in [-0.2, 0) is 4.74 Å². The zero-order valence-electron chi connectivity index (χ0n) is 8.29. The topological polar surface area (TPSA) is 12.5 Å². The Balaban J connectivity index is 2.06. The van der Waals surface area contributed by atoms with Gasteiger partial charge in [0.1, 0.15) is 0 Å². The van der Waals surface area contributed by atoms with E-state index in [1.807, 2.05) is 0 Å². The van der Waals surface area contributed by atoms with Gasteiger partial charge >= 0.3 is 0 Å². The molecule has 70 valence electrons. The Morgan fingerprint density at radius 1 is 1.42 bits per heavy atom. The van der Waals surface area contributed by atoms with Crippen LogP contribution >= 0.6 is 0 Å². The molecule has 0 N–H and O–H groups in total. The number of rotatable bonds is 1. The van der Waals surface area contributed by atoms with Crippen molar-refractivity contribution < 1.29 is 4.74 Å². The van der Waals surface area contributed by atoms with Crippen LogP contribution in [0.25, 0.3) is 0 Å². The highest BCUT2D eigenvalue weighted by molar-refractivity contribution is 4.99. The maximum Gasteiger partial charge on any atom is 0.0702 e. The smallest absolute Gasteiger partial charge is 0.0702 e. The summed E-state index contributed by atoms with van der Waals surface area (Å²) in [6.45, 7) is 7.75. The van der Waals surface area contributed by atoms with E-state index in [1.54, 1.807) is 0 Å². The minimum atomic E-state index is 0.450. The van der Waals surface area contributed by atoms with Gasteiger partial charge in [0.15, 0.2) is 0 Å². The molecule has 3 saturated heterocycles. The van der Waals surface area contributed by atoms with E-state index < -0.39 is 0 Å². The van der Waals surface area contributed by atoms with Gasteiger partial charge in [-0.15, -0.1) is 0 Å².